The first-order chi connectivity index (χ1) is 11.1. The van der Waals surface area contributed by atoms with Crippen LogP contribution in [0.15, 0.2) is 23.2 Å². The molecule has 1 unspecified atom stereocenters. The number of rotatable bonds is 5. The van der Waals surface area contributed by atoms with Crippen molar-refractivity contribution in [2.45, 2.75) is 53.2 Å². The second-order valence-corrected chi connectivity index (χ2v) is 6.66. The van der Waals surface area contributed by atoms with Crippen molar-refractivity contribution in [3.05, 3.63) is 35.1 Å². The highest BCUT2D eigenvalue weighted by molar-refractivity contribution is 14.0. The van der Waals surface area contributed by atoms with E-state index in [1.165, 1.54) is 6.07 Å². The van der Waals surface area contributed by atoms with Gasteiger partial charge in [0.2, 0.25) is 0 Å². The van der Waals surface area contributed by atoms with Gasteiger partial charge < -0.3 is 15.4 Å². The number of carbonyl (C=O) groups excluding carboxylic acids is 1. The Bertz CT molecular complexity index is 600. The highest BCUT2D eigenvalue weighted by Gasteiger charge is 2.16. The third-order valence-corrected chi connectivity index (χ3v) is 3.18. The average Bonchev–Trinajstić information content (AvgIpc) is 2.46. The molecule has 1 rings (SSSR count). The van der Waals surface area contributed by atoms with E-state index in [2.05, 4.69) is 15.6 Å². The molecule has 142 valence electrons. The molecule has 0 amide bonds. The van der Waals surface area contributed by atoms with Crippen LogP contribution in [0.2, 0.25) is 0 Å². The van der Waals surface area contributed by atoms with E-state index >= 15 is 0 Å². The molecule has 25 heavy (non-hydrogen) atoms. The minimum atomic E-state index is -0.537. The number of nitrogens with zero attached hydrogens (tertiary/aromatic N) is 1. The van der Waals surface area contributed by atoms with Crippen LogP contribution in [0.25, 0.3) is 0 Å². The molecule has 5 nitrogen and oxygen atoms in total. The molecule has 0 radical (unpaired) electrons. The van der Waals surface area contributed by atoms with Gasteiger partial charge in [-0.3, -0.25) is 4.79 Å². The monoisotopic (exact) mass is 465 g/mol. The minimum Gasteiger partial charge on any atom is -0.459 e. The SMILES string of the molecule is CCNC(=NCC(=O)OC(C)(C)C)NC(C)c1ccc(C)c(F)c1.I. The highest BCUT2D eigenvalue weighted by atomic mass is 127. The minimum absolute atomic E-state index is 0. The van der Waals surface area contributed by atoms with E-state index in [0.717, 1.165) is 5.56 Å². The van der Waals surface area contributed by atoms with E-state index in [1.54, 1.807) is 13.0 Å². The molecule has 1 atom stereocenters. The number of nitrogens with one attached hydrogen (secondary N) is 2. The van der Waals surface area contributed by atoms with Gasteiger partial charge in [-0.05, 0) is 58.7 Å². The third-order valence-electron chi connectivity index (χ3n) is 3.18. The first-order valence-corrected chi connectivity index (χ1v) is 8.15. The topological polar surface area (TPSA) is 62.7 Å². The molecule has 0 heterocycles. The van der Waals surface area contributed by atoms with Crippen molar-refractivity contribution in [3.8, 4) is 0 Å². The second kappa shape index (κ2) is 10.6. The maximum absolute atomic E-state index is 13.7. The number of esters is 1. The summed E-state index contributed by atoms with van der Waals surface area (Å²) in [5.41, 5.74) is 0.878. The molecule has 1 aromatic carbocycles. The predicted molar refractivity (Wildman–Crippen MR) is 110 cm³/mol. The Morgan fingerprint density at radius 1 is 1.36 bits per heavy atom. The van der Waals surface area contributed by atoms with Gasteiger partial charge in [0.1, 0.15) is 18.0 Å². The van der Waals surface area contributed by atoms with Gasteiger partial charge in [0.25, 0.3) is 0 Å². The molecule has 0 saturated heterocycles. The lowest BCUT2D eigenvalue weighted by molar-refractivity contribution is -0.152. The zero-order chi connectivity index (χ0) is 18.3. The standard InChI is InChI=1S/C18H28FN3O2.HI/c1-7-20-17(21-11-16(23)24-18(4,5)6)22-13(3)14-9-8-12(2)15(19)10-14;/h8-10,13H,7,11H2,1-6H3,(H2,20,21,22);1H. The Morgan fingerprint density at radius 2 is 2.00 bits per heavy atom. The summed E-state index contributed by atoms with van der Waals surface area (Å²) >= 11 is 0. The van der Waals surface area contributed by atoms with Crippen molar-refractivity contribution < 1.29 is 13.9 Å². The molecule has 1 aromatic rings. The average molecular weight is 465 g/mol. The largest absolute Gasteiger partial charge is 0.459 e. The van der Waals surface area contributed by atoms with Crippen LogP contribution in [-0.4, -0.2) is 30.6 Å². The van der Waals surface area contributed by atoms with Crippen molar-refractivity contribution >= 4 is 35.9 Å². The van der Waals surface area contributed by atoms with Crippen molar-refractivity contribution in [2.24, 2.45) is 4.99 Å². The number of aryl methyl sites for hydroxylation is 1. The maximum atomic E-state index is 13.7. The number of aliphatic imine (C=N–C) groups is 1. The second-order valence-electron chi connectivity index (χ2n) is 6.66. The van der Waals surface area contributed by atoms with Gasteiger partial charge in [0, 0.05) is 6.54 Å². The maximum Gasteiger partial charge on any atom is 0.328 e. The van der Waals surface area contributed by atoms with E-state index < -0.39 is 11.6 Å². The van der Waals surface area contributed by atoms with E-state index in [0.29, 0.717) is 18.1 Å². The van der Waals surface area contributed by atoms with Gasteiger partial charge in [-0.15, -0.1) is 24.0 Å². The summed E-state index contributed by atoms with van der Waals surface area (Å²) in [5, 5.41) is 6.23. The highest BCUT2D eigenvalue weighted by Crippen LogP contribution is 2.16. The van der Waals surface area contributed by atoms with Crippen LogP contribution in [0, 0.1) is 12.7 Å². The predicted octanol–water partition coefficient (Wildman–Crippen LogP) is 3.71. The Kier molecular flexibility index (Phi) is 9.99. The molecule has 0 spiro atoms. The van der Waals surface area contributed by atoms with Crippen molar-refractivity contribution in [3.63, 3.8) is 0 Å². The molecule has 7 heteroatoms. The number of hydrogen-bond donors (Lipinski definition) is 2. The van der Waals surface area contributed by atoms with Gasteiger partial charge >= 0.3 is 5.97 Å². The number of halogens is 2. The van der Waals surface area contributed by atoms with Gasteiger partial charge in [-0.25, -0.2) is 9.38 Å². The molecule has 0 bridgehead atoms. The molecule has 0 aromatic heterocycles. The van der Waals surface area contributed by atoms with E-state index in [9.17, 15) is 9.18 Å². The van der Waals surface area contributed by atoms with Gasteiger partial charge in [-0.1, -0.05) is 12.1 Å². The molecule has 0 aliphatic rings. The first-order valence-electron chi connectivity index (χ1n) is 8.15. The summed E-state index contributed by atoms with van der Waals surface area (Å²) in [6, 6.07) is 4.96. The quantitative estimate of drug-likeness (QED) is 0.301. The normalized spacial score (nSPS) is 12.8. The lowest BCUT2D eigenvalue weighted by Gasteiger charge is -2.20. The molecular formula is C18H29FIN3O2. The van der Waals surface area contributed by atoms with Gasteiger partial charge in [0.15, 0.2) is 5.96 Å². The number of hydrogen-bond acceptors (Lipinski definition) is 3. The zero-order valence-corrected chi connectivity index (χ0v) is 18.1. The first kappa shape index (κ1) is 23.6. The fourth-order valence-corrected chi connectivity index (χ4v) is 2.00. The summed E-state index contributed by atoms with van der Waals surface area (Å²) in [7, 11) is 0. The van der Waals surface area contributed by atoms with Crippen LogP contribution >= 0.6 is 24.0 Å². The van der Waals surface area contributed by atoms with Crippen molar-refractivity contribution in [2.75, 3.05) is 13.1 Å². The smallest absolute Gasteiger partial charge is 0.328 e. The Hall–Kier alpha value is -1.38. The Labute approximate surface area is 166 Å². The van der Waals surface area contributed by atoms with Crippen LogP contribution in [0.5, 0.6) is 0 Å². The number of benzene rings is 1. The Morgan fingerprint density at radius 3 is 2.52 bits per heavy atom. The zero-order valence-electron chi connectivity index (χ0n) is 15.8. The Balaban J connectivity index is 0.00000576. The van der Waals surface area contributed by atoms with Crippen LogP contribution < -0.4 is 10.6 Å². The van der Waals surface area contributed by atoms with E-state index in [1.807, 2.05) is 40.7 Å². The summed E-state index contributed by atoms with van der Waals surface area (Å²) in [5.74, 6) is -0.151. The van der Waals surface area contributed by atoms with Crippen LogP contribution in [0.4, 0.5) is 4.39 Å². The van der Waals surface area contributed by atoms with Crippen LogP contribution in [0.3, 0.4) is 0 Å². The van der Waals surface area contributed by atoms with Crippen molar-refractivity contribution in [1.82, 2.24) is 10.6 Å². The molecule has 0 saturated carbocycles. The summed E-state index contributed by atoms with van der Waals surface area (Å²) < 4.78 is 18.9. The number of guanidine groups is 1. The fraction of sp³-hybridized carbons (Fsp3) is 0.556. The summed E-state index contributed by atoms with van der Waals surface area (Å²) in [6.07, 6.45) is 0. The molecular weight excluding hydrogens is 436 g/mol. The molecule has 0 aliphatic heterocycles. The summed E-state index contributed by atoms with van der Waals surface area (Å²) in [6.45, 7) is 11.6. The lowest BCUT2D eigenvalue weighted by Crippen LogP contribution is -2.39. The third kappa shape index (κ3) is 9.04. The summed E-state index contributed by atoms with van der Waals surface area (Å²) in [4.78, 5) is 16.0. The van der Waals surface area contributed by atoms with Gasteiger partial charge in [0.05, 0.1) is 6.04 Å². The van der Waals surface area contributed by atoms with Crippen LogP contribution in [-0.2, 0) is 9.53 Å². The molecule has 0 aliphatic carbocycles. The lowest BCUT2D eigenvalue weighted by atomic mass is 10.1. The fourth-order valence-electron chi connectivity index (χ4n) is 2.00. The number of carbonyl (C=O) groups is 1. The number of ether oxygens (including phenoxy) is 1. The van der Waals surface area contributed by atoms with E-state index in [-0.39, 0.29) is 42.4 Å². The van der Waals surface area contributed by atoms with E-state index in [4.69, 9.17) is 4.74 Å². The van der Waals surface area contributed by atoms with Gasteiger partial charge in [-0.2, -0.15) is 0 Å². The molecule has 0 fully saturated rings. The van der Waals surface area contributed by atoms with Crippen LogP contribution in [0.1, 0.15) is 51.8 Å². The van der Waals surface area contributed by atoms with Crippen molar-refractivity contribution in [1.29, 1.82) is 0 Å². The molecule has 2 N–H and O–H groups in total.